The summed E-state index contributed by atoms with van der Waals surface area (Å²) >= 11 is 0. The molecule has 0 heterocycles. The molecule has 0 aliphatic carbocycles. The molecular weight excluding hydrogens is 152 g/mol. The molecular formula is C6H12O5. The molecule has 0 aromatic rings. The van der Waals surface area contributed by atoms with Crippen molar-refractivity contribution in [2.75, 3.05) is 6.61 Å². The average Bonchev–Trinajstić information content (AvgIpc) is 1.87. The maximum Gasteiger partial charge on any atom is 0.311 e. The van der Waals surface area contributed by atoms with Crippen LogP contribution >= 0.6 is 0 Å². The molecule has 0 aromatic carbocycles. The number of carbonyl (C=O) groups excluding carboxylic acids is 1. The van der Waals surface area contributed by atoms with Crippen molar-refractivity contribution in [2.45, 2.75) is 26.1 Å². The lowest BCUT2D eigenvalue weighted by Gasteiger charge is -2.16. The zero-order valence-electron chi connectivity index (χ0n) is 6.53. The summed E-state index contributed by atoms with van der Waals surface area (Å²) in [5.41, 5.74) is 0. The smallest absolute Gasteiger partial charge is 0.311 e. The highest BCUT2D eigenvalue weighted by molar-refractivity contribution is 5.70. The third kappa shape index (κ3) is 4.72. The summed E-state index contributed by atoms with van der Waals surface area (Å²) < 4.78 is 4.49. The minimum atomic E-state index is -1.85. The minimum Gasteiger partial charge on any atom is -0.466 e. The third-order valence-corrected chi connectivity index (χ3v) is 0.974. The molecule has 0 aliphatic heterocycles. The molecule has 0 spiro atoms. The predicted octanol–water partition coefficient (Wildman–Crippen LogP) is 0.138. The van der Waals surface area contributed by atoms with E-state index in [-0.39, 0.29) is 6.61 Å². The Morgan fingerprint density at radius 2 is 2.18 bits per heavy atom. The van der Waals surface area contributed by atoms with Crippen LogP contribution in [0.5, 0.6) is 0 Å². The van der Waals surface area contributed by atoms with Crippen LogP contribution < -0.4 is 0 Å². The van der Waals surface area contributed by atoms with Gasteiger partial charge in [0, 0.05) is 0 Å². The Bertz CT molecular complexity index is 131. The monoisotopic (exact) mass is 164 g/mol. The number of ether oxygens (including phenoxy) is 1. The summed E-state index contributed by atoms with van der Waals surface area (Å²) in [7, 11) is 0. The normalized spacial score (nSPS) is 15.6. The van der Waals surface area contributed by atoms with Crippen LogP contribution in [-0.2, 0) is 14.4 Å². The predicted molar refractivity (Wildman–Crippen MR) is 35.6 cm³/mol. The standard InChI is InChI=1S/C6H12O5/c1-3-10-5(7)4-6(2,8)11-9/h8-9H,3-4H2,1-2H3. The fourth-order valence-corrected chi connectivity index (χ4v) is 0.512. The van der Waals surface area contributed by atoms with Gasteiger partial charge in [-0.15, -0.1) is 0 Å². The first-order valence-electron chi connectivity index (χ1n) is 3.22. The van der Waals surface area contributed by atoms with Crippen molar-refractivity contribution in [3.05, 3.63) is 0 Å². The zero-order chi connectivity index (χ0) is 8.91. The van der Waals surface area contributed by atoms with Crippen LogP contribution in [0.2, 0.25) is 0 Å². The molecule has 5 nitrogen and oxygen atoms in total. The Balaban J connectivity index is 3.74. The van der Waals surface area contributed by atoms with Gasteiger partial charge in [-0.05, 0) is 13.8 Å². The van der Waals surface area contributed by atoms with Crippen LogP contribution in [-0.4, -0.2) is 28.7 Å². The first-order valence-corrected chi connectivity index (χ1v) is 3.22. The summed E-state index contributed by atoms with van der Waals surface area (Å²) in [6, 6.07) is 0. The van der Waals surface area contributed by atoms with Crippen molar-refractivity contribution in [2.24, 2.45) is 0 Å². The van der Waals surface area contributed by atoms with Gasteiger partial charge in [0.25, 0.3) is 0 Å². The second-order valence-electron chi connectivity index (χ2n) is 2.25. The Morgan fingerprint density at radius 1 is 1.64 bits per heavy atom. The largest absolute Gasteiger partial charge is 0.466 e. The van der Waals surface area contributed by atoms with E-state index in [2.05, 4.69) is 9.62 Å². The SMILES string of the molecule is CCOC(=O)CC(C)(O)OO. The maximum absolute atomic E-state index is 10.6. The van der Waals surface area contributed by atoms with Crippen LogP contribution in [0.15, 0.2) is 0 Å². The molecule has 0 aliphatic rings. The van der Waals surface area contributed by atoms with Gasteiger partial charge in [-0.1, -0.05) is 0 Å². The van der Waals surface area contributed by atoms with E-state index >= 15 is 0 Å². The maximum atomic E-state index is 10.6. The molecule has 0 aromatic heterocycles. The lowest BCUT2D eigenvalue weighted by atomic mass is 10.2. The molecule has 2 N–H and O–H groups in total. The van der Waals surface area contributed by atoms with E-state index < -0.39 is 18.2 Å². The second kappa shape index (κ2) is 4.27. The molecule has 0 amide bonds. The quantitative estimate of drug-likeness (QED) is 0.267. The molecule has 0 rings (SSSR count). The van der Waals surface area contributed by atoms with E-state index in [1.54, 1.807) is 6.92 Å². The first-order chi connectivity index (χ1) is 5.02. The number of esters is 1. The highest BCUT2D eigenvalue weighted by atomic mass is 17.1. The Hall–Kier alpha value is -0.650. The van der Waals surface area contributed by atoms with Gasteiger partial charge in [0.15, 0.2) is 0 Å². The van der Waals surface area contributed by atoms with Crippen molar-refractivity contribution >= 4 is 5.97 Å². The van der Waals surface area contributed by atoms with Gasteiger partial charge >= 0.3 is 5.97 Å². The lowest BCUT2D eigenvalue weighted by Crippen LogP contribution is -2.30. The topological polar surface area (TPSA) is 76.0 Å². The lowest BCUT2D eigenvalue weighted by molar-refractivity contribution is -0.384. The van der Waals surface area contributed by atoms with Gasteiger partial charge in [-0.2, -0.15) is 0 Å². The fraction of sp³-hybridized carbons (Fsp3) is 0.833. The minimum absolute atomic E-state index is 0.236. The van der Waals surface area contributed by atoms with Gasteiger partial charge in [0.2, 0.25) is 5.79 Å². The first kappa shape index (κ1) is 10.3. The number of hydrogen-bond acceptors (Lipinski definition) is 5. The van der Waals surface area contributed by atoms with Crippen LogP contribution in [0.3, 0.4) is 0 Å². The van der Waals surface area contributed by atoms with Crippen LogP contribution in [0, 0.1) is 0 Å². The van der Waals surface area contributed by atoms with Gasteiger partial charge in [-0.25, -0.2) is 10.1 Å². The molecule has 0 radical (unpaired) electrons. The molecule has 1 unspecified atom stereocenters. The number of rotatable bonds is 4. The molecule has 0 saturated carbocycles. The molecule has 5 heteroatoms. The van der Waals surface area contributed by atoms with E-state index in [4.69, 9.17) is 10.4 Å². The van der Waals surface area contributed by atoms with Crippen molar-refractivity contribution in [1.82, 2.24) is 0 Å². The highest BCUT2D eigenvalue weighted by Crippen LogP contribution is 2.09. The highest BCUT2D eigenvalue weighted by Gasteiger charge is 2.26. The number of aliphatic hydroxyl groups is 1. The van der Waals surface area contributed by atoms with Gasteiger partial charge in [0.1, 0.15) is 6.42 Å². The molecule has 0 fully saturated rings. The zero-order valence-corrected chi connectivity index (χ0v) is 6.53. The molecule has 66 valence electrons. The van der Waals surface area contributed by atoms with E-state index in [0.717, 1.165) is 6.92 Å². The van der Waals surface area contributed by atoms with E-state index in [9.17, 15) is 4.79 Å². The van der Waals surface area contributed by atoms with Gasteiger partial charge < -0.3 is 9.84 Å². The Labute approximate surface area is 64.5 Å². The summed E-state index contributed by atoms with van der Waals surface area (Å²) in [6.07, 6.45) is -0.392. The molecule has 0 bridgehead atoms. The second-order valence-corrected chi connectivity index (χ2v) is 2.25. The number of hydrogen-bond donors (Lipinski definition) is 2. The summed E-state index contributed by atoms with van der Waals surface area (Å²) in [5, 5.41) is 17.0. The van der Waals surface area contributed by atoms with Crippen LogP contribution in [0.25, 0.3) is 0 Å². The van der Waals surface area contributed by atoms with Crippen molar-refractivity contribution in [3.63, 3.8) is 0 Å². The van der Waals surface area contributed by atoms with Crippen LogP contribution in [0.1, 0.15) is 20.3 Å². The third-order valence-electron chi connectivity index (χ3n) is 0.974. The van der Waals surface area contributed by atoms with Gasteiger partial charge in [-0.3, -0.25) is 4.79 Å². The number of carbonyl (C=O) groups is 1. The van der Waals surface area contributed by atoms with Crippen molar-refractivity contribution < 1.29 is 24.8 Å². The van der Waals surface area contributed by atoms with E-state index in [0.29, 0.717) is 0 Å². The summed E-state index contributed by atoms with van der Waals surface area (Å²) in [6.45, 7) is 3.04. The van der Waals surface area contributed by atoms with Gasteiger partial charge in [0.05, 0.1) is 6.61 Å². The molecule has 1 atom stereocenters. The molecule has 11 heavy (non-hydrogen) atoms. The Morgan fingerprint density at radius 3 is 2.55 bits per heavy atom. The molecule has 0 saturated heterocycles. The summed E-state index contributed by atoms with van der Waals surface area (Å²) in [5.74, 6) is -2.47. The summed E-state index contributed by atoms with van der Waals surface area (Å²) in [4.78, 5) is 14.3. The van der Waals surface area contributed by atoms with Crippen molar-refractivity contribution in [3.8, 4) is 0 Å². The fourth-order valence-electron chi connectivity index (χ4n) is 0.512. The average molecular weight is 164 g/mol. The Kier molecular flexibility index (Phi) is 4.02. The van der Waals surface area contributed by atoms with Crippen LogP contribution in [0.4, 0.5) is 0 Å². The van der Waals surface area contributed by atoms with E-state index in [1.165, 1.54) is 0 Å². The van der Waals surface area contributed by atoms with Crippen molar-refractivity contribution in [1.29, 1.82) is 0 Å². The van der Waals surface area contributed by atoms with E-state index in [1.807, 2.05) is 0 Å².